The highest BCUT2D eigenvalue weighted by molar-refractivity contribution is 6.01. The highest BCUT2D eigenvalue weighted by Gasteiger charge is 2.29. The van der Waals surface area contributed by atoms with Crippen LogP contribution in [0.3, 0.4) is 0 Å². The Morgan fingerprint density at radius 2 is 1.91 bits per heavy atom. The lowest BCUT2D eigenvalue weighted by atomic mass is 10.1. The molecule has 3 aromatic rings. The highest BCUT2D eigenvalue weighted by atomic mass is 19.4. The summed E-state index contributed by atoms with van der Waals surface area (Å²) >= 11 is 0. The van der Waals surface area contributed by atoms with Gasteiger partial charge >= 0.3 is 6.18 Å². The zero-order valence-corrected chi connectivity index (χ0v) is 19.4. The summed E-state index contributed by atoms with van der Waals surface area (Å²) in [5.74, 6) is -0.945. The Labute approximate surface area is 199 Å². The first-order valence-corrected chi connectivity index (χ1v) is 11.1. The molecule has 0 radical (unpaired) electrons. The fourth-order valence-corrected chi connectivity index (χ4v) is 4.07. The van der Waals surface area contributed by atoms with Gasteiger partial charge in [-0.2, -0.15) is 18.3 Å². The van der Waals surface area contributed by atoms with E-state index < -0.39 is 18.5 Å². The Kier molecular flexibility index (Phi) is 6.70. The van der Waals surface area contributed by atoms with Crippen LogP contribution in [0.4, 0.5) is 13.2 Å². The summed E-state index contributed by atoms with van der Waals surface area (Å²) in [7, 11) is 3.83. The second-order valence-electron chi connectivity index (χ2n) is 8.90. The number of aromatic hydroxyl groups is 1. The van der Waals surface area contributed by atoms with Gasteiger partial charge in [0.2, 0.25) is 0 Å². The van der Waals surface area contributed by atoms with Crippen molar-refractivity contribution < 1.29 is 27.9 Å². The number of benzene rings is 2. The van der Waals surface area contributed by atoms with Crippen LogP contribution in [-0.2, 0) is 19.5 Å². The number of nitrogens with one attached hydrogen (secondary N) is 2. The van der Waals surface area contributed by atoms with E-state index >= 15 is 0 Å². The zero-order chi connectivity index (χ0) is 25.3. The maximum Gasteiger partial charge on any atom is 0.389 e. The Hall–Kier alpha value is -3.60. The number of carbonyl (C=O) groups excluding carboxylic acids is 2. The third-order valence-electron chi connectivity index (χ3n) is 5.96. The maximum atomic E-state index is 13.2. The van der Waals surface area contributed by atoms with Gasteiger partial charge in [-0.3, -0.25) is 14.7 Å². The van der Waals surface area contributed by atoms with Crippen LogP contribution in [0.25, 0.3) is 10.9 Å². The van der Waals surface area contributed by atoms with Crippen LogP contribution in [0.5, 0.6) is 5.75 Å². The molecule has 3 N–H and O–H groups in total. The topological polar surface area (TPSA) is 102 Å². The summed E-state index contributed by atoms with van der Waals surface area (Å²) in [4.78, 5) is 29.1. The van der Waals surface area contributed by atoms with Crippen LogP contribution in [0.1, 0.15) is 44.0 Å². The first-order chi connectivity index (χ1) is 16.5. The number of hydrogen-bond donors (Lipinski definition) is 3. The molecule has 1 aliphatic rings. The number of halogens is 3. The molecule has 2 amide bonds. The number of rotatable bonds is 7. The summed E-state index contributed by atoms with van der Waals surface area (Å²) in [5, 5.41) is 20.2. The van der Waals surface area contributed by atoms with E-state index in [4.69, 9.17) is 0 Å². The van der Waals surface area contributed by atoms with E-state index in [0.29, 0.717) is 36.1 Å². The predicted molar refractivity (Wildman–Crippen MR) is 123 cm³/mol. The molecule has 0 spiro atoms. The second-order valence-corrected chi connectivity index (χ2v) is 8.90. The molecule has 0 unspecified atom stereocenters. The monoisotopic (exact) mass is 489 g/mol. The van der Waals surface area contributed by atoms with Crippen LogP contribution in [-0.4, -0.2) is 70.3 Å². The van der Waals surface area contributed by atoms with Gasteiger partial charge in [-0.25, -0.2) is 0 Å². The molecular weight excluding hydrogens is 463 g/mol. The Morgan fingerprint density at radius 3 is 2.63 bits per heavy atom. The van der Waals surface area contributed by atoms with E-state index in [1.807, 2.05) is 19.0 Å². The standard InChI is InChI=1S/C24H26F3N5O3/c1-31(2)8-7-28-22(34)14-3-4-15-12-32(13-16(15)9-14)23(35)18-10-17-19(5-6-24(25,26)27)29-30-20(17)11-21(18)33/h3-4,9-11,33H,5-8,12-13H2,1-2H3,(H,28,34)(H,29,30). The predicted octanol–water partition coefficient (Wildman–Crippen LogP) is 3.21. The van der Waals surface area contributed by atoms with Crippen molar-refractivity contribution in [2.75, 3.05) is 27.2 Å². The summed E-state index contributed by atoms with van der Waals surface area (Å²) in [6.45, 7) is 1.76. The number of alkyl halides is 3. The first-order valence-electron chi connectivity index (χ1n) is 11.1. The number of aromatic amines is 1. The van der Waals surface area contributed by atoms with Crippen molar-refractivity contribution in [1.82, 2.24) is 25.3 Å². The Bertz CT molecular complexity index is 1270. The van der Waals surface area contributed by atoms with Gasteiger partial charge in [-0.15, -0.1) is 0 Å². The van der Waals surface area contributed by atoms with E-state index in [1.165, 1.54) is 17.0 Å². The number of nitrogens with zero attached hydrogens (tertiary/aromatic N) is 3. The molecule has 1 aliphatic heterocycles. The minimum atomic E-state index is -4.33. The van der Waals surface area contributed by atoms with Gasteiger partial charge in [0.25, 0.3) is 11.8 Å². The van der Waals surface area contributed by atoms with Crippen LogP contribution in [0, 0.1) is 0 Å². The second kappa shape index (κ2) is 9.57. The van der Waals surface area contributed by atoms with Crippen molar-refractivity contribution in [2.45, 2.75) is 32.1 Å². The molecule has 0 fully saturated rings. The third-order valence-corrected chi connectivity index (χ3v) is 5.96. The van der Waals surface area contributed by atoms with E-state index in [2.05, 4.69) is 15.5 Å². The Morgan fingerprint density at radius 1 is 1.17 bits per heavy atom. The molecule has 0 aliphatic carbocycles. The van der Waals surface area contributed by atoms with Crippen molar-refractivity contribution >= 4 is 22.7 Å². The van der Waals surface area contributed by atoms with E-state index in [-0.39, 0.29) is 35.9 Å². The SMILES string of the molecule is CN(C)CCNC(=O)c1ccc2c(c1)CN(C(=O)c1cc3c(CCC(F)(F)F)n[nH]c3cc1O)C2. The minimum absolute atomic E-state index is 0.0124. The van der Waals surface area contributed by atoms with Crippen molar-refractivity contribution in [3.8, 4) is 5.75 Å². The van der Waals surface area contributed by atoms with Crippen LogP contribution in [0.2, 0.25) is 0 Å². The molecule has 0 saturated carbocycles. The molecule has 8 nitrogen and oxygen atoms in total. The smallest absolute Gasteiger partial charge is 0.389 e. The van der Waals surface area contributed by atoms with E-state index in [9.17, 15) is 27.9 Å². The summed E-state index contributed by atoms with van der Waals surface area (Å²) < 4.78 is 38.0. The van der Waals surface area contributed by atoms with Gasteiger partial charge in [-0.1, -0.05) is 6.07 Å². The number of likely N-dealkylation sites (N-methyl/N-ethyl adjacent to an activating group) is 1. The molecule has 35 heavy (non-hydrogen) atoms. The van der Waals surface area contributed by atoms with Gasteiger partial charge in [-0.05, 0) is 43.4 Å². The molecule has 11 heteroatoms. The average Bonchev–Trinajstić information content (AvgIpc) is 3.38. The molecule has 186 valence electrons. The lowest BCUT2D eigenvalue weighted by molar-refractivity contribution is -0.134. The van der Waals surface area contributed by atoms with Crippen molar-refractivity contribution in [1.29, 1.82) is 0 Å². The summed E-state index contributed by atoms with van der Waals surface area (Å²) in [6, 6.07) is 7.94. The van der Waals surface area contributed by atoms with Gasteiger partial charge in [0, 0.05) is 56.0 Å². The number of carbonyl (C=O) groups is 2. The molecular formula is C24H26F3N5O3. The number of aromatic nitrogens is 2. The van der Waals surface area contributed by atoms with Crippen molar-refractivity contribution in [3.63, 3.8) is 0 Å². The number of phenolic OH excluding ortho intramolecular Hbond substituents is 1. The first kappa shape index (κ1) is 24.5. The summed E-state index contributed by atoms with van der Waals surface area (Å²) in [5.41, 5.74) is 2.73. The maximum absolute atomic E-state index is 13.2. The lowest BCUT2D eigenvalue weighted by Crippen LogP contribution is -2.31. The van der Waals surface area contributed by atoms with E-state index in [0.717, 1.165) is 11.1 Å². The number of amides is 2. The average molecular weight is 489 g/mol. The molecule has 0 saturated heterocycles. The number of phenols is 1. The zero-order valence-electron chi connectivity index (χ0n) is 19.4. The van der Waals surface area contributed by atoms with Crippen LogP contribution >= 0.6 is 0 Å². The minimum Gasteiger partial charge on any atom is -0.507 e. The van der Waals surface area contributed by atoms with Crippen molar-refractivity contribution in [3.05, 3.63) is 58.3 Å². The normalized spacial score (nSPS) is 13.5. The van der Waals surface area contributed by atoms with Crippen molar-refractivity contribution in [2.24, 2.45) is 0 Å². The fraction of sp³-hybridized carbons (Fsp3) is 0.375. The van der Waals surface area contributed by atoms with Gasteiger partial charge in [0.05, 0.1) is 16.8 Å². The number of hydrogen-bond acceptors (Lipinski definition) is 5. The number of fused-ring (bicyclic) bond motifs is 2. The molecule has 0 bridgehead atoms. The molecule has 2 aromatic carbocycles. The van der Waals surface area contributed by atoms with Crippen LogP contribution in [0.15, 0.2) is 30.3 Å². The van der Waals surface area contributed by atoms with E-state index in [1.54, 1.807) is 18.2 Å². The van der Waals surface area contributed by atoms with Crippen LogP contribution < -0.4 is 5.32 Å². The van der Waals surface area contributed by atoms with Gasteiger partial charge in [0.1, 0.15) is 5.75 Å². The lowest BCUT2D eigenvalue weighted by Gasteiger charge is -2.16. The molecule has 0 atom stereocenters. The molecule has 2 heterocycles. The molecule has 4 rings (SSSR count). The third kappa shape index (κ3) is 5.56. The Balaban J connectivity index is 1.50. The van der Waals surface area contributed by atoms with Gasteiger partial charge in [0.15, 0.2) is 0 Å². The quantitative estimate of drug-likeness (QED) is 0.473. The summed E-state index contributed by atoms with van der Waals surface area (Å²) in [6.07, 6.45) is -5.70. The fourth-order valence-electron chi connectivity index (χ4n) is 4.07. The highest BCUT2D eigenvalue weighted by Crippen LogP contribution is 2.32. The number of aryl methyl sites for hydroxylation is 1. The molecule has 1 aromatic heterocycles. The number of H-pyrrole nitrogens is 1. The largest absolute Gasteiger partial charge is 0.507 e. The van der Waals surface area contributed by atoms with Gasteiger partial charge < -0.3 is 20.2 Å².